The minimum Gasteiger partial charge on any atom is -0.490 e. The molecule has 0 spiro atoms. The van der Waals surface area contributed by atoms with E-state index in [4.69, 9.17) is 28.8 Å². The van der Waals surface area contributed by atoms with Crippen molar-refractivity contribution >= 4 is 17.9 Å². The van der Waals surface area contributed by atoms with Crippen LogP contribution in [-0.2, 0) is 38.1 Å². The van der Waals surface area contributed by atoms with Crippen LogP contribution in [0.5, 0.6) is 0 Å². The fraction of sp³-hybridized carbons (Fsp3) is 0.667. The highest BCUT2D eigenvalue weighted by atomic mass is 16.6. The molecule has 0 bridgehead atoms. The number of ether oxygens (including phenoxy) is 5. The van der Waals surface area contributed by atoms with Crippen LogP contribution in [0.3, 0.4) is 0 Å². The molecule has 0 saturated carbocycles. The lowest BCUT2D eigenvalue weighted by Crippen LogP contribution is -2.59. The van der Waals surface area contributed by atoms with Gasteiger partial charge in [-0.2, -0.15) is 0 Å². The monoisotopic (exact) mass is 720 g/mol. The topological polar surface area (TPSA) is 178 Å². The van der Waals surface area contributed by atoms with Gasteiger partial charge in [0.1, 0.15) is 18.3 Å². The summed E-state index contributed by atoms with van der Waals surface area (Å²) in [5.41, 5.74) is 1.70. The summed E-state index contributed by atoms with van der Waals surface area (Å²) in [6.07, 6.45) is 5.37. The van der Waals surface area contributed by atoms with E-state index >= 15 is 0 Å². The first kappa shape index (κ1) is 43.9. The number of carbonyl (C=O) groups excluding carboxylic acids is 2. The number of esters is 2. The van der Waals surface area contributed by atoms with E-state index in [1.54, 1.807) is 32.9 Å². The molecule has 2 heterocycles. The maximum absolute atomic E-state index is 13.6. The van der Waals surface area contributed by atoms with E-state index in [0.29, 0.717) is 18.1 Å². The van der Waals surface area contributed by atoms with Gasteiger partial charge in [0.05, 0.1) is 25.4 Å². The molecule has 0 aliphatic carbocycles. The van der Waals surface area contributed by atoms with Crippen LogP contribution in [-0.4, -0.2) is 95.0 Å². The van der Waals surface area contributed by atoms with E-state index in [1.807, 2.05) is 53.7 Å². The number of carbonyl (C=O) groups is 3. The Balaban J connectivity index is 2.55. The average Bonchev–Trinajstić information content (AvgIpc) is 3.06. The van der Waals surface area contributed by atoms with Crippen LogP contribution in [0.25, 0.3) is 0 Å². The van der Waals surface area contributed by atoms with E-state index in [1.165, 1.54) is 20.3 Å². The highest BCUT2D eigenvalue weighted by molar-refractivity contribution is 5.90. The molecule has 2 aliphatic rings. The first-order valence-corrected chi connectivity index (χ1v) is 17.7. The Labute approximate surface area is 302 Å². The maximum atomic E-state index is 13.6. The molecule has 12 atom stereocenters. The number of cyclic esters (lactones) is 1. The minimum absolute atomic E-state index is 0.0458. The predicted octanol–water partition coefficient (Wildman–Crippen LogP) is 4.88. The van der Waals surface area contributed by atoms with E-state index in [9.17, 15) is 29.7 Å². The summed E-state index contributed by atoms with van der Waals surface area (Å²) >= 11 is 0. The second-order valence-corrected chi connectivity index (χ2v) is 14.6. The van der Waals surface area contributed by atoms with Crippen molar-refractivity contribution in [1.82, 2.24) is 0 Å². The summed E-state index contributed by atoms with van der Waals surface area (Å²) in [5.74, 6) is -7.68. The molecule has 4 N–H and O–H groups in total. The zero-order valence-electron chi connectivity index (χ0n) is 31.9. The Hall–Kier alpha value is -3.29. The molecule has 0 aromatic heterocycles. The van der Waals surface area contributed by atoms with Crippen LogP contribution in [0.2, 0.25) is 0 Å². The van der Waals surface area contributed by atoms with E-state index in [2.05, 4.69) is 0 Å². The van der Waals surface area contributed by atoms with Gasteiger partial charge in [-0.05, 0) is 38.2 Å². The molecular formula is C39H60O12. The number of methoxy groups -OCH3 is 2. The van der Waals surface area contributed by atoms with Gasteiger partial charge in [-0.3, -0.25) is 0 Å². The first-order chi connectivity index (χ1) is 23.8. The third-order valence-corrected chi connectivity index (χ3v) is 10.1. The second kappa shape index (κ2) is 19.5. The molecule has 1 fully saturated rings. The molecule has 0 amide bonds. The van der Waals surface area contributed by atoms with Crippen molar-refractivity contribution in [2.75, 3.05) is 14.2 Å². The standard InChI is InChI=1S/C39H60O12/c1-21(2)36-26(7)31(49-33(42)16-15-32(40)41)20-39(46,51-36)28(9)35(44)27(8)37-29(47-10)14-12-13-22(3)17-24(5)34(43)25(6)18-23(4)19-30(48-11)38(45)50-37/h12-16,18-19,21,24-29,31,34-37,43-44,46H,17,20H2,1-11H3,(H,40,41)/b14-12+,16-15-,22-13+,23-18+,30-19-/t24-,25-,26+,27+,28+,29+,31-,34+,35-,36-,37-,39-/m1/s1. The Morgan fingerprint density at radius 1 is 1.06 bits per heavy atom. The molecular weight excluding hydrogens is 660 g/mol. The zero-order valence-corrected chi connectivity index (χ0v) is 31.9. The molecule has 0 aromatic carbocycles. The molecule has 51 heavy (non-hydrogen) atoms. The Morgan fingerprint density at radius 2 is 1.71 bits per heavy atom. The lowest BCUT2D eigenvalue weighted by molar-refractivity contribution is -0.329. The fourth-order valence-electron chi connectivity index (χ4n) is 7.00. The van der Waals surface area contributed by atoms with Gasteiger partial charge >= 0.3 is 17.9 Å². The van der Waals surface area contributed by atoms with E-state index in [0.717, 1.165) is 11.6 Å². The van der Waals surface area contributed by atoms with Gasteiger partial charge in [0, 0.05) is 49.4 Å². The second-order valence-electron chi connectivity index (χ2n) is 14.6. The molecule has 0 radical (unpaired) electrons. The predicted molar refractivity (Wildman–Crippen MR) is 191 cm³/mol. The van der Waals surface area contributed by atoms with Crippen LogP contribution in [0.15, 0.2) is 59.4 Å². The van der Waals surface area contributed by atoms with E-state index in [-0.39, 0.29) is 35.9 Å². The normalized spacial score (nSPS) is 37.1. The summed E-state index contributed by atoms with van der Waals surface area (Å²) in [5, 5.41) is 43.8. The van der Waals surface area contributed by atoms with Gasteiger partial charge in [0.2, 0.25) is 5.76 Å². The molecule has 2 rings (SSSR count). The lowest BCUT2D eigenvalue weighted by atomic mass is 9.76. The number of hydrogen-bond donors (Lipinski definition) is 4. The van der Waals surface area contributed by atoms with Gasteiger partial charge < -0.3 is 44.1 Å². The number of allylic oxidation sites excluding steroid dienone is 5. The summed E-state index contributed by atoms with van der Waals surface area (Å²) in [7, 11) is 2.80. The smallest absolute Gasteiger partial charge is 0.373 e. The van der Waals surface area contributed by atoms with Crippen LogP contribution in [0, 0.1) is 35.5 Å². The molecule has 12 nitrogen and oxygen atoms in total. The van der Waals surface area contributed by atoms with Gasteiger partial charge in [0.25, 0.3) is 0 Å². The Morgan fingerprint density at radius 3 is 2.27 bits per heavy atom. The third kappa shape index (κ3) is 12.1. The first-order valence-electron chi connectivity index (χ1n) is 17.7. The number of aliphatic hydroxyl groups excluding tert-OH is 2. The summed E-state index contributed by atoms with van der Waals surface area (Å²) in [6, 6.07) is 0. The van der Waals surface area contributed by atoms with Crippen molar-refractivity contribution in [2.45, 2.75) is 118 Å². The molecule has 288 valence electrons. The lowest BCUT2D eigenvalue weighted by Gasteiger charge is -2.50. The highest BCUT2D eigenvalue weighted by Gasteiger charge is 2.53. The fourth-order valence-corrected chi connectivity index (χ4v) is 7.00. The van der Waals surface area contributed by atoms with Gasteiger partial charge in [-0.15, -0.1) is 0 Å². The van der Waals surface area contributed by atoms with Crippen molar-refractivity contribution < 1.29 is 58.5 Å². The highest BCUT2D eigenvalue weighted by Crippen LogP contribution is 2.42. The summed E-state index contributed by atoms with van der Waals surface area (Å²) < 4.78 is 29.1. The largest absolute Gasteiger partial charge is 0.490 e. The summed E-state index contributed by atoms with van der Waals surface area (Å²) in [4.78, 5) is 37.1. The number of aliphatic carboxylic acids is 1. The van der Waals surface area contributed by atoms with Crippen LogP contribution in [0.4, 0.5) is 0 Å². The van der Waals surface area contributed by atoms with Crippen molar-refractivity contribution in [1.29, 1.82) is 0 Å². The van der Waals surface area contributed by atoms with Crippen LogP contribution < -0.4 is 0 Å². The Bertz CT molecular complexity index is 1350. The number of carboxylic acid groups (broad SMARTS) is 1. The van der Waals surface area contributed by atoms with Gasteiger partial charge in [-0.25, -0.2) is 14.4 Å². The SMILES string of the molecule is CO/C1=C\C(C)=C\[C@@H](C)[C@@H](O)[C@H](C)C/C(C)=C/C=C/[C@H](OC)[C@@H]([C@@H](C)[C@@H](O)[C@H](C)[C@@]2(O)C[C@@H](OC(=O)/C=C\C(=O)O)[C@H](C)[C@@H](C(C)C)O2)OC1=O. The number of aliphatic hydroxyl groups is 3. The number of rotatable bonds is 10. The Kier molecular flexibility index (Phi) is 16.8. The molecule has 1 saturated heterocycles. The van der Waals surface area contributed by atoms with Gasteiger partial charge in [0.15, 0.2) is 5.79 Å². The number of carboxylic acids is 1. The summed E-state index contributed by atoms with van der Waals surface area (Å²) in [6.45, 7) is 16.5. The van der Waals surface area contributed by atoms with Crippen molar-refractivity contribution in [3.8, 4) is 0 Å². The van der Waals surface area contributed by atoms with Crippen molar-refractivity contribution in [3.63, 3.8) is 0 Å². The van der Waals surface area contributed by atoms with E-state index < -0.39 is 72.2 Å². The zero-order chi connectivity index (χ0) is 38.8. The minimum atomic E-state index is -1.99. The average molecular weight is 721 g/mol. The molecule has 0 aromatic rings. The van der Waals surface area contributed by atoms with Crippen LogP contribution >= 0.6 is 0 Å². The van der Waals surface area contributed by atoms with Crippen LogP contribution in [0.1, 0.15) is 75.2 Å². The molecule has 0 unspecified atom stereocenters. The molecule has 12 heteroatoms. The van der Waals surface area contributed by atoms with Crippen molar-refractivity contribution in [3.05, 3.63) is 59.4 Å². The maximum Gasteiger partial charge on any atom is 0.373 e. The van der Waals surface area contributed by atoms with Crippen molar-refractivity contribution in [2.24, 2.45) is 35.5 Å². The van der Waals surface area contributed by atoms with Gasteiger partial charge in [-0.1, -0.05) is 83.9 Å². The quantitative estimate of drug-likeness (QED) is 0.178. The third-order valence-electron chi connectivity index (χ3n) is 10.1. The number of hydrogen-bond acceptors (Lipinski definition) is 11. The molecule has 2 aliphatic heterocycles.